The summed E-state index contributed by atoms with van der Waals surface area (Å²) in [6, 6.07) is 20.3. The van der Waals surface area contributed by atoms with Gasteiger partial charge in [-0.25, -0.2) is 9.82 Å². The number of nitrogens with zero attached hydrogens (tertiary/aromatic N) is 1. The van der Waals surface area contributed by atoms with Crippen LogP contribution in [0.4, 0.5) is 10.1 Å². The molecule has 0 unspecified atom stereocenters. The first-order valence-electron chi connectivity index (χ1n) is 9.18. The maximum atomic E-state index is 12.9. The van der Waals surface area contributed by atoms with Crippen molar-refractivity contribution in [3.05, 3.63) is 95.3 Å². The monoisotopic (exact) mass is 405 g/mol. The summed E-state index contributed by atoms with van der Waals surface area (Å²) in [5.74, 6) is -1.57. The van der Waals surface area contributed by atoms with Crippen molar-refractivity contribution >= 4 is 23.7 Å². The molecule has 3 rings (SSSR count). The van der Waals surface area contributed by atoms with E-state index >= 15 is 0 Å². The molecule has 7 heteroatoms. The molecule has 0 aliphatic heterocycles. The highest BCUT2D eigenvalue weighted by molar-refractivity contribution is 6.39. The summed E-state index contributed by atoms with van der Waals surface area (Å²) in [6.07, 6.45) is 1.41. The van der Waals surface area contributed by atoms with Gasteiger partial charge in [0, 0.05) is 5.69 Å². The van der Waals surface area contributed by atoms with Crippen LogP contribution in [-0.4, -0.2) is 18.0 Å². The van der Waals surface area contributed by atoms with Gasteiger partial charge in [-0.3, -0.25) is 9.59 Å². The lowest BCUT2D eigenvalue weighted by atomic mass is 10.1. The summed E-state index contributed by atoms with van der Waals surface area (Å²) < 4.78 is 18.6. The van der Waals surface area contributed by atoms with Gasteiger partial charge in [0.25, 0.3) is 0 Å². The van der Waals surface area contributed by atoms with E-state index < -0.39 is 17.6 Å². The molecule has 0 saturated carbocycles. The molecule has 3 aromatic carbocycles. The topological polar surface area (TPSA) is 79.8 Å². The zero-order valence-electron chi connectivity index (χ0n) is 16.3. The maximum Gasteiger partial charge on any atom is 0.329 e. The van der Waals surface area contributed by atoms with E-state index in [0.717, 1.165) is 11.1 Å². The molecule has 30 heavy (non-hydrogen) atoms. The van der Waals surface area contributed by atoms with E-state index in [9.17, 15) is 14.0 Å². The summed E-state index contributed by atoms with van der Waals surface area (Å²) in [4.78, 5) is 23.6. The van der Waals surface area contributed by atoms with Gasteiger partial charge >= 0.3 is 11.8 Å². The molecule has 0 aliphatic carbocycles. The minimum absolute atomic E-state index is 0.307. The SMILES string of the molecule is Cc1cccc(COc2ccc(/C=N/NC(=O)C(=O)Nc3ccc(F)cc3)cc2)c1. The van der Waals surface area contributed by atoms with Crippen LogP contribution >= 0.6 is 0 Å². The number of rotatable bonds is 6. The first-order valence-corrected chi connectivity index (χ1v) is 9.18. The molecule has 2 N–H and O–H groups in total. The van der Waals surface area contributed by atoms with Gasteiger partial charge in [-0.05, 0) is 66.6 Å². The molecule has 3 aromatic rings. The quantitative estimate of drug-likeness (QED) is 0.372. The van der Waals surface area contributed by atoms with Gasteiger partial charge in [-0.15, -0.1) is 0 Å². The molecule has 0 aliphatic rings. The van der Waals surface area contributed by atoms with E-state index in [-0.39, 0.29) is 0 Å². The Morgan fingerprint density at radius 2 is 1.73 bits per heavy atom. The Balaban J connectivity index is 1.46. The molecule has 0 spiro atoms. The van der Waals surface area contributed by atoms with Crippen LogP contribution in [0.3, 0.4) is 0 Å². The van der Waals surface area contributed by atoms with Crippen LogP contribution in [0.25, 0.3) is 0 Å². The number of hydrazone groups is 1. The van der Waals surface area contributed by atoms with Gasteiger partial charge < -0.3 is 10.1 Å². The summed E-state index contributed by atoms with van der Waals surface area (Å²) in [5.41, 5.74) is 5.43. The van der Waals surface area contributed by atoms with Crippen molar-refractivity contribution in [3.63, 3.8) is 0 Å². The zero-order valence-corrected chi connectivity index (χ0v) is 16.3. The largest absolute Gasteiger partial charge is 0.489 e. The minimum Gasteiger partial charge on any atom is -0.489 e. The van der Waals surface area contributed by atoms with Gasteiger partial charge in [0.15, 0.2) is 0 Å². The molecule has 0 fully saturated rings. The van der Waals surface area contributed by atoms with Crippen molar-refractivity contribution in [1.29, 1.82) is 0 Å². The van der Waals surface area contributed by atoms with E-state index in [2.05, 4.69) is 21.9 Å². The second-order valence-electron chi connectivity index (χ2n) is 6.51. The van der Waals surface area contributed by atoms with Crippen LogP contribution < -0.4 is 15.5 Å². The smallest absolute Gasteiger partial charge is 0.329 e. The third-order valence-corrected chi connectivity index (χ3v) is 4.06. The van der Waals surface area contributed by atoms with Crippen LogP contribution in [0.5, 0.6) is 5.75 Å². The molecule has 0 radical (unpaired) electrons. The van der Waals surface area contributed by atoms with Crippen molar-refractivity contribution < 1.29 is 18.7 Å². The number of anilines is 1. The number of halogens is 1. The second-order valence-corrected chi connectivity index (χ2v) is 6.51. The third-order valence-electron chi connectivity index (χ3n) is 4.06. The van der Waals surface area contributed by atoms with Gasteiger partial charge in [0.05, 0.1) is 6.21 Å². The van der Waals surface area contributed by atoms with E-state index in [1.165, 1.54) is 36.0 Å². The summed E-state index contributed by atoms with van der Waals surface area (Å²) in [5, 5.41) is 6.11. The van der Waals surface area contributed by atoms with Crippen LogP contribution in [0, 0.1) is 12.7 Å². The Bertz CT molecular complexity index is 1050. The van der Waals surface area contributed by atoms with Crippen molar-refractivity contribution in [1.82, 2.24) is 5.43 Å². The Morgan fingerprint density at radius 1 is 1.00 bits per heavy atom. The number of nitrogens with one attached hydrogen (secondary N) is 2. The molecule has 0 atom stereocenters. The first kappa shape index (κ1) is 20.7. The second kappa shape index (κ2) is 9.97. The fourth-order valence-electron chi connectivity index (χ4n) is 2.56. The number of benzene rings is 3. The van der Waals surface area contributed by atoms with E-state index in [4.69, 9.17) is 4.74 Å². The highest BCUT2D eigenvalue weighted by atomic mass is 19.1. The normalized spacial score (nSPS) is 10.6. The molecule has 152 valence electrons. The highest BCUT2D eigenvalue weighted by Gasteiger charge is 2.12. The molecular weight excluding hydrogens is 385 g/mol. The molecule has 0 bridgehead atoms. The Hall–Kier alpha value is -4.00. The van der Waals surface area contributed by atoms with Crippen LogP contribution in [0.1, 0.15) is 16.7 Å². The van der Waals surface area contributed by atoms with Crippen molar-refractivity contribution in [2.24, 2.45) is 5.10 Å². The highest BCUT2D eigenvalue weighted by Crippen LogP contribution is 2.14. The van der Waals surface area contributed by atoms with Crippen molar-refractivity contribution in [2.45, 2.75) is 13.5 Å². The van der Waals surface area contributed by atoms with Crippen molar-refractivity contribution in [2.75, 3.05) is 5.32 Å². The lowest BCUT2D eigenvalue weighted by molar-refractivity contribution is -0.136. The number of ether oxygens (including phenoxy) is 1. The van der Waals surface area contributed by atoms with E-state index in [0.29, 0.717) is 18.0 Å². The number of aryl methyl sites for hydroxylation is 1. The van der Waals surface area contributed by atoms with Gasteiger partial charge in [-0.2, -0.15) is 5.10 Å². The van der Waals surface area contributed by atoms with Crippen LogP contribution in [-0.2, 0) is 16.2 Å². The number of hydrogen-bond donors (Lipinski definition) is 2. The van der Waals surface area contributed by atoms with Gasteiger partial charge in [0.2, 0.25) is 0 Å². The van der Waals surface area contributed by atoms with Gasteiger partial charge in [-0.1, -0.05) is 29.8 Å². The number of amides is 2. The Labute approximate surface area is 173 Å². The predicted octanol–water partition coefficient (Wildman–Crippen LogP) is 3.80. The number of hydrogen-bond acceptors (Lipinski definition) is 4. The summed E-state index contributed by atoms with van der Waals surface area (Å²) >= 11 is 0. The average Bonchev–Trinajstić information content (AvgIpc) is 2.75. The summed E-state index contributed by atoms with van der Waals surface area (Å²) in [7, 11) is 0. The fraction of sp³-hybridized carbons (Fsp3) is 0.0870. The van der Waals surface area contributed by atoms with Gasteiger partial charge in [0.1, 0.15) is 18.2 Å². The Morgan fingerprint density at radius 3 is 2.43 bits per heavy atom. The molecule has 6 nitrogen and oxygen atoms in total. The molecule has 2 amide bonds. The molecule has 0 saturated heterocycles. The molecule has 0 aromatic heterocycles. The summed E-state index contributed by atoms with van der Waals surface area (Å²) in [6.45, 7) is 2.50. The lowest BCUT2D eigenvalue weighted by Crippen LogP contribution is -2.32. The third kappa shape index (κ3) is 6.27. The zero-order chi connectivity index (χ0) is 21.3. The first-order chi connectivity index (χ1) is 14.5. The number of carbonyl (C=O) groups excluding carboxylic acids is 2. The lowest BCUT2D eigenvalue weighted by Gasteiger charge is -2.07. The van der Waals surface area contributed by atoms with E-state index in [1.54, 1.807) is 24.3 Å². The molecular formula is C23H20FN3O3. The predicted molar refractivity (Wildman–Crippen MR) is 113 cm³/mol. The fourth-order valence-corrected chi connectivity index (χ4v) is 2.56. The van der Waals surface area contributed by atoms with Crippen LogP contribution in [0.15, 0.2) is 77.9 Å². The standard InChI is InChI=1S/C23H20FN3O3/c1-16-3-2-4-18(13-16)15-30-21-11-5-17(6-12-21)14-25-27-23(29)22(28)26-20-9-7-19(24)8-10-20/h2-14H,15H2,1H3,(H,26,28)(H,27,29)/b25-14+. The minimum atomic E-state index is -0.936. The molecule has 0 heterocycles. The number of carbonyl (C=O) groups is 2. The maximum absolute atomic E-state index is 12.9. The average molecular weight is 405 g/mol. The van der Waals surface area contributed by atoms with E-state index in [1.807, 2.05) is 25.1 Å². The van der Waals surface area contributed by atoms with Crippen molar-refractivity contribution in [3.8, 4) is 5.75 Å². The van der Waals surface area contributed by atoms with Crippen LogP contribution in [0.2, 0.25) is 0 Å². The Kier molecular flexibility index (Phi) is 6.89.